The van der Waals surface area contributed by atoms with Gasteiger partial charge in [-0.15, -0.1) is 0 Å². The van der Waals surface area contributed by atoms with Gasteiger partial charge in [-0.05, 0) is 31.6 Å². The Kier molecular flexibility index (Phi) is 10.8. The largest absolute Gasteiger partial charge is 0.480 e. The van der Waals surface area contributed by atoms with Crippen molar-refractivity contribution >= 4 is 42.2 Å². The van der Waals surface area contributed by atoms with Crippen LogP contribution in [-0.2, 0) is 24.0 Å². The normalized spacial score (nSPS) is 18.9. The number of amides is 4. The van der Waals surface area contributed by atoms with Crippen LogP contribution in [0.15, 0.2) is 0 Å². The lowest BCUT2D eigenvalue weighted by atomic mass is 10.0. The van der Waals surface area contributed by atoms with Gasteiger partial charge in [0.15, 0.2) is 0 Å². The highest BCUT2D eigenvalue weighted by Crippen LogP contribution is 2.19. The molecule has 1 saturated heterocycles. The fraction of sp³-hybridized carbons (Fsp3) is 0.737. The van der Waals surface area contributed by atoms with E-state index in [0.29, 0.717) is 19.3 Å². The Morgan fingerprint density at radius 2 is 1.74 bits per heavy atom. The third-order valence-corrected chi connectivity index (χ3v) is 5.36. The highest BCUT2D eigenvalue weighted by atomic mass is 32.1. The molecular weight excluding hydrogens is 426 g/mol. The molecule has 31 heavy (non-hydrogen) atoms. The number of aliphatic carboxylic acids is 1. The van der Waals surface area contributed by atoms with E-state index in [2.05, 4.69) is 23.3 Å². The van der Waals surface area contributed by atoms with Gasteiger partial charge in [-0.25, -0.2) is 4.79 Å². The van der Waals surface area contributed by atoms with Crippen LogP contribution in [0.25, 0.3) is 0 Å². The van der Waals surface area contributed by atoms with E-state index in [0.717, 1.165) is 0 Å². The van der Waals surface area contributed by atoms with Gasteiger partial charge in [0.1, 0.15) is 18.1 Å². The molecule has 0 bridgehead atoms. The van der Waals surface area contributed by atoms with Crippen LogP contribution in [0.4, 0.5) is 0 Å². The number of carboxylic acid groups (broad SMARTS) is 1. The van der Waals surface area contributed by atoms with Crippen LogP contribution < -0.4 is 22.1 Å². The van der Waals surface area contributed by atoms with Crippen molar-refractivity contribution in [2.24, 2.45) is 17.4 Å². The Morgan fingerprint density at radius 3 is 2.26 bits per heavy atom. The van der Waals surface area contributed by atoms with Crippen LogP contribution in [0.3, 0.4) is 0 Å². The standard InChI is InChI=1S/C19H33N5O6S/c1-10(2)8-11(20)16(26)22-12(5-6-15(21)25)17(27)23-13(9-31)18(28)24-7-3-4-14(24)19(29)30/h10-14,31H,3-9,20H2,1-2H3,(H2,21,25)(H,22,26)(H,23,27)(H,29,30). The van der Waals surface area contributed by atoms with Crippen molar-refractivity contribution in [3.8, 4) is 0 Å². The first-order chi connectivity index (χ1) is 14.5. The minimum Gasteiger partial charge on any atom is -0.480 e. The second-order valence-corrected chi connectivity index (χ2v) is 8.44. The minimum absolute atomic E-state index is 0.0727. The molecule has 0 aromatic carbocycles. The molecule has 4 unspecified atom stereocenters. The zero-order valence-electron chi connectivity index (χ0n) is 17.9. The van der Waals surface area contributed by atoms with Gasteiger partial charge in [0.05, 0.1) is 6.04 Å². The summed E-state index contributed by atoms with van der Waals surface area (Å²) in [5, 5.41) is 14.3. The van der Waals surface area contributed by atoms with Crippen molar-refractivity contribution < 1.29 is 29.1 Å². The third kappa shape index (κ3) is 8.37. The highest BCUT2D eigenvalue weighted by molar-refractivity contribution is 7.80. The van der Waals surface area contributed by atoms with Crippen LogP contribution in [0.5, 0.6) is 0 Å². The first-order valence-electron chi connectivity index (χ1n) is 10.3. The van der Waals surface area contributed by atoms with Crippen LogP contribution in [-0.4, -0.2) is 76.1 Å². The van der Waals surface area contributed by atoms with Gasteiger partial charge in [-0.1, -0.05) is 13.8 Å². The van der Waals surface area contributed by atoms with Crippen molar-refractivity contribution in [1.82, 2.24) is 15.5 Å². The summed E-state index contributed by atoms with van der Waals surface area (Å²) >= 11 is 4.11. The van der Waals surface area contributed by atoms with E-state index in [1.54, 1.807) is 0 Å². The summed E-state index contributed by atoms with van der Waals surface area (Å²) in [5.74, 6) is -3.50. The third-order valence-electron chi connectivity index (χ3n) is 4.99. The first kappa shape index (κ1) is 26.7. The molecule has 0 aromatic heterocycles. The molecule has 11 nitrogen and oxygen atoms in total. The van der Waals surface area contributed by atoms with Gasteiger partial charge in [-0.2, -0.15) is 12.6 Å². The summed E-state index contributed by atoms with van der Waals surface area (Å²) in [6, 6.07) is -4.02. The fourth-order valence-electron chi connectivity index (χ4n) is 3.39. The molecule has 12 heteroatoms. The van der Waals surface area contributed by atoms with E-state index >= 15 is 0 Å². The van der Waals surface area contributed by atoms with E-state index in [1.165, 1.54) is 4.90 Å². The Hall–Kier alpha value is -2.34. The van der Waals surface area contributed by atoms with Crippen LogP contribution in [0.2, 0.25) is 0 Å². The summed E-state index contributed by atoms with van der Waals surface area (Å²) in [5.41, 5.74) is 11.0. The zero-order valence-corrected chi connectivity index (χ0v) is 18.8. The summed E-state index contributed by atoms with van der Waals surface area (Å²) in [6.07, 6.45) is 1.04. The SMILES string of the molecule is CC(C)CC(N)C(=O)NC(CCC(N)=O)C(=O)NC(CS)C(=O)N1CCCC1C(=O)O. The van der Waals surface area contributed by atoms with Gasteiger partial charge in [0, 0.05) is 18.7 Å². The number of carbonyl (C=O) groups excluding carboxylic acids is 4. The quantitative estimate of drug-likeness (QED) is 0.194. The number of nitrogens with one attached hydrogen (secondary N) is 2. The maximum Gasteiger partial charge on any atom is 0.326 e. The van der Waals surface area contributed by atoms with Crippen molar-refractivity contribution in [1.29, 1.82) is 0 Å². The number of thiol groups is 1. The minimum atomic E-state index is -1.14. The molecule has 1 rings (SSSR count). The van der Waals surface area contributed by atoms with Crippen LogP contribution in [0.1, 0.15) is 46.0 Å². The number of likely N-dealkylation sites (tertiary alicyclic amines) is 1. The predicted octanol–water partition coefficient (Wildman–Crippen LogP) is -1.40. The fourth-order valence-corrected chi connectivity index (χ4v) is 3.64. The molecule has 1 aliphatic heterocycles. The number of carboxylic acids is 1. The number of carbonyl (C=O) groups is 5. The topological polar surface area (TPSA) is 185 Å². The van der Waals surface area contributed by atoms with E-state index in [4.69, 9.17) is 11.5 Å². The monoisotopic (exact) mass is 459 g/mol. The number of hydrogen-bond acceptors (Lipinski definition) is 7. The summed E-state index contributed by atoms with van der Waals surface area (Å²) in [6.45, 7) is 4.06. The van der Waals surface area contributed by atoms with Gasteiger partial charge in [-0.3, -0.25) is 19.2 Å². The molecule has 0 spiro atoms. The first-order valence-corrected chi connectivity index (χ1v) is 10.9. The summed E-state index contributed by atoms with van der Waals surface area (Å²) < 4.78 is 0. The lowest BCUT2D eigenvalue weighted by molar-refractivity contribution is -0.149. The number of hydrogen-bond donors (Lipinski definition) is 6. The van der Waals surface area contributed by atoms with Gasteiger partial charge < -0.3 is 32.1 Å². The Morgan fingerprint density at radius 1 is 1.13 bits per heavy atom. The van der Waals surface area contributed by atoms with Gasteiger partial charge >= 0.3 is 5.97 Å². The van der Waals surface area contributed by atoms with E-state index in [9.17, 15) is 29.1 Å². The molecule has 7 N–H and O–H groups in total. The molecular formula is C19H33N5O6S. The number of nitrogens with two attached hydrogens (primary N) is 2. The van der Waals surface area contributed by atoms with Crippen LogP contribution >= 0.6 is 12.6 Å². The maximum absolute atomic E-state index is 12.8. The van der Waals surface area contributed by atoms with Crippen molar-refractivity contribution in [2.75, 3.05) is 12.3 Å². The lowest BCUT2D eigenvalue weighted by Crippen LogP contribution is -2.57. The second-order valence-electron chi connectivity index (χ2n) is 8.07. The molecule has 1 heterocycles. The molecule has 0 aliphatic carbocycles. The molecule has 1 aliphatic rings. The maximum atomic E-state index is 12.8. The van der Waals surface area contributed by atoms with Crippen molar-refractivity contribution in [2.45, 2.75) is 70.1 Å². The zero-order chi connectivity index (χ0) is 23.7. The lowest BCUT2D eigenvalue weighted by Gasteiger charge is -2.28. The predicted molar refractivity (Wildman–Crippen MR) is 116 cm³/mol. The van der Waals surface area contributed by atoms with E-state index < -0.39 is 53.8 Å². The smallest absolute Gasteiger partial charge is 0.326 e. The Labute approximate surface area is 187 Å². The summed E-state index contributed by atoms with van der Waals surface area (Å²) in [4.78, 5) is 61.7. The van der Waals surface area contributed by atoms with E-state index in [-0.39, 0.29) is 31.1 Å². The summed E-state index contributed by atoms with van der Waals surface area (Å²) in [7, 11) is 0. The molecule has 0 saturated carbocycles. The number of rotatable bonds is 12. The van der Waals surface area contributed by atoms with Crippen molar-refractivity contribution in [3.05, 3.63) is 0 Å². The average molecular weight is 460 g/mol. The van der Waals surface area contributed by atoms with E-state index in [1.807, 2.05) is 13.8 Å². The Bertz CT molecular complexity index is 689. The number of nitrogens with zero attached hydrogens (tertiary/aromatic N) is 1. The van der Waals surface area contributed by atoms with Crippen molar-refractivity contribution in [3.63, 3.8) is 0 Å². The highest BCUT2D eigenvalue weighted by Gasteiger charge is 2.38. The van der Waals surface area contributed by atoms with Crippen LogP contribution in [0, 0.1) is 5.92 Å². The molecule has 1 fully saturated rings. The molecule has 0 aromatic rings. The Balaban J connectivity index is 2.88. The van der Waals surface area contributed by atoms with Gasteiger partial charge in [0.2, 0.25) is 23.6 Å². The average Bonchev–Trinajstić information content (AvgIpc) is 3.17. The van der Waals surface area contributed by atoms with Gasteiger partial charge in [0.25, 0.3) is 0 Å². The second kappa shape index (κ2) is 12.5. The molecule has 4 amide bonds. The molecule has 4 atom stereocenters. The molecule has 0 radical (unpaired) electrons. The number of primary amides is 1. The molecule has 176 valence electrons.